The number of benzene rings is 1. The van der Waals surface area contributed by atoms with E-state index in [0.717, 1.165) is 25.9 Å². The van der Waals surface area contributed by atoms with E-state index >= 15 is 0 Å². The lowest BCUT2D eigenvalue weighted by Gasteiger charge is -2.22. The third-order valence-corrected chi connectivity index (χ3v) is 2.66. The predicted octanol–water partition coefficient (Wildman–Crippen LogP) is 3.48. The van der Waals surface area contributed by atoms with Gasteiger partial charge in [-0.1, -0.05) is 43.0 Å². The van der Waals surface area contributed by atoms with Crippen LogP contribution in [0.2, 0.25) is 0 Å². The molecule has 1 amide bonds. The van der Waals surface area contributed by atoms with E-state index in [4.69, 9.17) is 5.11 Å². The highest BCUT2D eigenvalue weighted by atomic mass is 16.4. The number of nitrogens with zero attached hydrogens (tertiary/aromatic N) is 1. The molecule has 1 aromatic carbocycles. The Kier molecular flexibility index (Phi) is 5.86. The van der Waals surface area contributed by atoms with E-state index in [1.165, 1.54) is 16.9 Å². The SMILES string of the molecule is C=Cc1ccccc1.O=C(O)N1CCCCC1. The summed E-state index contributed by atoms with van der Waals surface area (Å²) in [4.78, 5) is 11.8. The monoisotopic (exact) mass is 233 g/mol. The molecule has 2 rings (SSSR count). The van der Waals surface area contributed by atoms with Crippen molar-refractivity contribution in [3.05, 3.63) is 42.5 Å². The highest BCUT2D eigenvalue weighted by molar-refractivity contribution is 5.64. The zero-order chi connectivity index (χ0) is 12.5. The Morgan fingerprint density at radius 1 is 1.18 bits per heavy atom. The molecular weight excluding hydrogens is 214 g/mol. The Hall–Kier alpha value is -1.77. The lowest BCUT2D eigenvalue weighted by Crippen LogP contribution is -2.34. The van der Waals surface area contributed by atoms with Crippen molar-refractivity contribution in [2.75, 3.05) is 13.1 Å². The maximum Gasteiger partial charge on any atom is 0.407 e. The van der Waals surface area contributed by atoms with E-state index in [1.807, 2.05) is 36.4 Å². The van der Waals surface area contributed by atoms with Gasteiger partial charge in [0.25, 0.3) is 0 Å². The summed E-state index contributed by atoms with van der Waals surface area (Å²) in [7, 11) is 0. The van der Waals surface area contributed by atoms with Crippen LogP contribution in [0, 0.1) is 0 Å². The minimum absolute atomic E-state index is 0.731. The molecule has 3 nitrogen and oxygen atoms in total. The van der Waals surface area contributed by atoms with E-state index in [-0.39, 0.29) is 0 Å². The van der Waals surface area contributed by atoms with Crippen molar-refractivity contribution < 1.29 is 9.90 Å². The fourth-order valence-corrected chi connectivity index (χ4v) is 1.67. The number of carboxylic acid groups (broad SMARTS) is 1. The standard InChI is InChI=1S/C8H8.C6H11NO2/c1-2-8-6-4-3-5-7-8;8-6(9)7-4-2-1-3-5-7/h2-7H,1H2;1-5H2,(H,8,9). The van der Waals surface area contributed by atoms with Crippen molar-refractivity contribution >= 4 is 12.2 Å². The molecule has 0 atom stereocenters. The first-order valence-corrected chi connectivity index (χ1v) is 5.89. The Morgan fingerprint density at radius 2 is 1.76 bits per heavy atom. The molecular formula is C14H19NO2. The Bertz CT molecular complexity index is 342. The van der Waals surface area contributed by atoms with Crippen molar-refractivity contribution in [2.24, 2.45) is 0 Å². The molecule has 0 aliphatic carbocycles. The zero-order valence-corrected chi connectivity index (χ0v) is 10.0. The van der Waals surface area contributed by atoms with Crippen molar-refractivity contribution in [1.29, 1.82) is 0 Å². The van der Waals surface area contributed by atoms with Gasteiger partial charge in [-0.25, -0.2) is 4.79 Å². The Morgan fingerprint density at radius 3 is 2.12 bits per heavy atom. The first-order chi connectivity index (χ1) is 8.24. The average Bonchev–Trinajstić information content (AvgIpc) is 2.41. The lowest BCUT2D eigenvalue weighted by molar-refractivity contribution is 0.136. The predicted molar refractivity (Wildman–Crippen MR) is 70.0 cm³/mol. The molecule has 92 valence electrons. The molecule has 0 saturated carbocycles. The van der Waals surface area contributed by atoms with E-state index in [0.29, 0.717) is 0 Å². The van der Waals surface area contributed by atoms with Gasteiger partial charge < -0.3 is 10.0 Å². The summed E-state index contributed by atoms with van der Waals surface area (Å²) in [6, 6.07) is 10.0. The van der Waals surface area contributed by atoms with Gasteiger partial charge in [0.15, 0.2) is 0 Å². The summed E-state index contributed by atoms with van der Waals surface area (Å²) in [6.45, 7) is 5.09. The quantitative estimate of drug-likeness (QED) is 0.806. The van der Waals surface area contributed by atoms with E-state index in [1.54, 1.807) is 0 Å². The Labute approximate surface area is 102 Å². The Balaban J connectivity index is 0.000000171. The highest BCUT2D eigenvalue weighted by Gasteiger charge is 2.13. The van der Waals surface area contributed by atoms with Gasteiger partial charge in [-0.05, 0) is 24.8 Å². The molecule has 3 heteroatoms. The summed E-state index contributed by atoms with van der Waals surface area (Å²) >= 11 is 0. The van der Waals surface area contributed by atoms with Crippen LogP contribution in [0.4, 0.5) is 4.79 Å². The molecule has 1 aliphatic heterocycles. The minimum Gasteiger partial charge on any atom is -0.465 e. The summed E-state index contributed by atoms with van der Waals surface area (Å²) in [5.74, 6) is 0. The molecule has 0 radical (unpaired) electrons. The zero-order valence-electron chi connectivity index (χ0n) is 10.0. The molecule has 1 aliphatic rings. The van der Waals surface area contributed by atoms with Crippen molar-refractivity contribution in [3.63, 3.8) is 0 Å². The molecule has 1 aromatic rings. The smallest absolute Gasteiger partial charge is 0.407 e. The maximum atomic E-state index is 10.3. The van der Waals surface area contributed by atoms with E-state index < -0.39 is 6.09 Å². The van der Waals surface area contributed by atoms with Crippen LogP contribution < -0.4 is 0 Å². The lowest BCUT2D eigenvalue weighted by atomic mass is 10.1. The fraction of sp³-hybridized carbons (Fsp3) is 0.357. The van der Waals surface area contributed by atoms with Gasteiger partial charge in [0, 0.05) is 13.1 Å². The molecule has 0 bridgehead atoms. The van der Waals surface area contributed by atoms with Gasteiger partial charge in [-0.2, -0.15) is 0 Å². The number of hydrogen-bond acceptors (Lipinski definition) is 1. The van der Waals surface area contributed by atoms with Gasteiger partial charge in [-0.15, -0.1) is 0 Å². The first kappa shape index (κ1) is 13.3. The largest absolute Gasteiger partial charge is 0.465 e. The van der Waals surface area contributed by atoms with E-state index in [9.17, 15) is 4.79 Å². The van der Waals surface area contributed by atoms with Crippen molar-refractivity contribution in [3.8, 4) is 0 Å². The average molecular weight is 233 g/mol. The van der Waals surface area contributed by atoms with Crippen LogP contribution in [0.1, 0.15) is 24.8 Å². The van der Waals surface area contributed by atoms with E-state index in [2.05, 4.69) is 6.58 Å². The van der Waals surface area contributed by atoms with Crippen LogP contribution in [-0.2, 0) is 0 Å². The third-order valence-electron chi connectivity index (χ3n) is 2.66. The normalized spacial score (nSPS) is 14.5. The summed E-state index contributed by atoms with van der Waals surface area (Å²) in [6.07, 6.45) is 4.32. The summed E-state index contributed by atoms with van der Waals surface area (Å²) in [5, 5.41) is 8.46. The van der Waals surface area contributed by atoms with Gasteiger partial charge in [-0.3, -0.25) is 0 Å². The van der Waals surface area contributed by atoms with Crippen molar-refractivity contribution in [1.82, 2.24) is 4.90 Å². The number of amides is 1. The summed E-state index contributed by atoms with van der Waals surface area (Å²) < 4.78 is 0. The van der Waals surface area contributed by atoms with Crippen LogP contribution >= 0.6 is 0 Å². The number of likely N-dealkylation sites (tertiary alicyclic amines) is 1. The van der Waals surface area contributed by atoms with Crippen LogP contribution in [-0.4, -0.2) is 29.2 Å². The second-order valence-corrected chi connectivity index (χ2v) is 3.95. The van der Waals surface area contributed by atoms with Gasteiger partial charge in [0.1, 0.15) is 0 Å². The number of piperidine rings is 1. The molecule has 17 heavy (non-hydrogen) atoms. The second-order valence-electron chi connectivity index (χ2n) is 3.95. The van der Waals surface area contributed by atoms with Crippen molar-refractivity contribution in [2.45, 2.75) is 19.3 Å². The fourth-order valence-electron chi connectivity index (χ4n) is 1.67. The molecule has 1 saturated heterocycles. The molecule has 1 N–H and O–H groups in total. The first-order valence-electron chi connectivity index (χ1n) is 5.89. The maximum absolute atomic E-state index is 10.3. The molecule has 0 unspecified atom stereocenters. The molecule has 0 spiro atoms. The van der Waals surface area contributed by atoms with Crippen LogP contribution in [0.5, 0.6) is 0 Å². The van der Waals surface area contributed by atoms with Gasteiger partial charge in [0.05, 0.1) is 0 Å². The highest BCUT2D eigenvalue weighted by Crippen LogP contribution is 2.07. The van der Waals surface area contributed by atoms with Gasteiger partial charge in [0.2, 0.25) is 0 Å². The van der Waals surface area contributed by atoms with Gasteiger partial charge >= 0.3 is 6.09 Å². The van der Waals surface area contributed by atoms with Crippen LogP contribution in [0.3, 0.4) is 0 Å². The minimum atomic E-state index is -0.769. The number of rotatable bonds is 1. The molecule has 1 fully saturated rings. The number of hydrogen-bond donors (Lipinski definition) is 1. The topological polar surface area (TPSA) is 40.5 Å². The summed E-state index contributed by atoms with van der Waals surface area (Å²) in [5.41, 5.74) is 1.17. The van der Waals surface area contributed by atoms with Crippen LogP contribution in [0.15, 0.2) is 36.9 Å². The molecule has 1 heterocycles. The molecule has 0 aromatic heterocycles. The van der Waals surface area contributed by atoms with Crippen LogP contribution in [0.25, 0.3) is 6.08 Å². The second kappa shape index (κ2) is 7.49. The number of carbonyl (C=O) groups is 1. The third kappa shape index (κ3) is 5.20.